The number of amides is 2. The van der Waals surface area contributed by atoms with Crippen molar-refractivity contribution >= 4 is 34.1 Å². The molecule has 2 aromatic heterocycles. The number of rotatable bonds is 5. The molecule has 0 aliphatic carbocycles. The van der Waals surface area contributed by atoms with Gasteiger partial charge in [-0.3, -0.25) is 9.59 Å². The summed E-state index contributed by atoms with van der Waals surface area (Å²) in [6.07, 6.45) is 2.81. The molecule has 1 atom stereocenters. The van der Waals surface area contributed by atoms with Crippen LogP contribution in [0.2, 0.25) is 0 Å². The van der Waals surface area contributed by atoms with Crippen LogP contribution in [0.3, 0.4) is 0 Å². The minimum absolute atomic E-state index is 0.0114. The number of aromatic nitrogens is 2. The monoisotopic (exact) mass is 489 g/mol. The third kappa shape index (κ3) is 4.11. The zero-order valence-electron chi connectivity index (χ0n) is 18.9. The van der Waals surface area contributed by atoms with E-state index in [1.165, 1.54) is 23.5 Å². The summed E-state index contributed by atoms with van der Waals surface area (Å²) in [5.41, 5.74) is 4.62. The Hall–Kier alpha value is -3.56. The van der Waals surface area contributed by atoms with Crippen LogP contribution >= 0.6 is 11.3 Å². The van der Waals surface area contributed by atoms with Crippen LogP contribution in [0.4, 0.5) is 4.39 Å². The number of likely N-dealkylation sites (tertiary alicyclic amines) is 2. The molecule has 2 aliphatic heterocycles. The molecular formula is C26H24FN5O2S. The van der Waals surface area contributed by atoms with E-state index in [1.54, 1.807) is 23.0 Å². The molecule has 0 bridgehead atoms. The number of fused-ring (bicyclic) bond motifs is 1. The van der Waals surface area contributed by atoms with Gasteiger partial charge in [0.2, 0.25) is 0 Å². The summed E-state index contributed by atoms with van der Waals surface area (Å²) in [6.45, 7) is 2.67. The average Bonchev–Trinajstić information content (AvgIpc) is 3.61. The number of nitrogens with zero attached hydrogens (tertiary/aromatic N) is 4. The zero-order chi connectivity index (χ0) is 23.9. The Labute approximate surface area is 205 Å². The summed E-state index contributed by atoms with van der Waals surface area (Å²) in [6, 6.07) is 14.4. The van der Waals surface area contributed by atoms with Crippen LogP contribution in [0.1, 0.15) is 27.3 Å². The molecule has 4 heterocycles. The fourth-order valence-electron chi connectivity index (χ4n) is 5.00. The summed E-state index contributed by atoms with van der Waals surface area (Å²) in [4.78, 5) is 33.6. The Kier molecular flexibility index (Phi) is 5.58. The molecule has 7 nitrogen and oxygen atoms in total. The number of carbonyl (C=O) groups is 2. The van der Waals surface area contributed by atoms with Crippen LogP contribution in [0.5, 0.6) is 0 Å². The van der Waals surface area contributed by atoms with Crippen LogP contribution < -0.4 is 5.32 Å². The Morgan fingerprint density at radius 1 is 0.971 bits per heavy atom. The normalized spacial score (nSPS) is 18.3. The van der Waals surface area contributed by atoms with Crippen molar-refractivity contribution in [3.8, 4) is 5.69 Å². The van der Waals surface area contributed by atoms with Crippen molar-refractivity contribution in [1.82, 2.24) is 24.7 Å². The molecule has 178 valence electrons. The van der Waals surface area contributed by atoms with Crippen molar-refractivity contribution in [2.45, 2.75) is 18.5 Å². The summed E-state index contributed by atoms with van der Waals surface area (Å²) < 4.78 is 15.3. The van der Waals surface area contributed by atoms with Crippen molar-refractivity contribution in [1.29, 1.82) is 0 Å². The minimum Gasteiger partial charge on any atom is -0.336 e. The van der Waals surface area contributed by atoms with Gasteiger partial charge in [-0.25, -0.2) is 9.37 Å². The maximum atomic E-state index is 13.3. The van der Waals surface area contributed by atoms with Crippen LogP contribution in [-0.4, -0.2) is 69.4 Å². The molecule has 0 radical (unpaired) electrons. The van der Waals surface area contributed by atoms with E-state index in [1.807, 2.05) is 44.8 Å². The fraction of sp³-hybridized carbons (Fsp3) is 0.269. The van der Waals surface area contributed by atoms with Gasteiger partial charge in [0.15, 0.2) is 0 Å². The minimum atomic E-state index is -0.279. The molecule has 2 saturated heterocycles. The van der Waals surface area contributed by atoms with Crippen LogP contribution in [0, 0.1) is 5.82 Å². The van der Waals surface area contributed by atoms with Gasteiger partial charge >= 0.3 is 0 Å². The summed E-state index contributed by atoms with van der Waals surface area (Å²) in [7, 11) is 0. The van der Waals surface area contributed by atoms with Gasteiger partial charge in [0.05, 0.1) is 11.0 Å². The molecule has 0 spiro atoms. The van der Waals surface area contributed by atoms with E-state index < -0.39 is 0 Å². The summed E-state index contributed by atoms with van der Waals surface area (Å²) >= 11 is 1.43. The van der Waals surface area contributed by atoms with E-state index in [4.69, 9.17) is 0 Å². The Morgan fingerprint density at radius 2 is 1.77 bits per heavy atom. The van der Waals surface area contributed by atoms with E-state index >= 15 is 0 Å². The topological polar surface area (TPSA) is 70.5 Å². The number of halogens is 1. The second kappa shape index (κ2) is 8.90. The highest BCUT2D eigenvalue weighted by Gasteiger charge is 2.35. The maximum absolute atomic E-state index is 13.3. The van der Waals surface area contributed by atoms with Gasteiger partial charge in [-0.05, 0) is 48.9 Å². The molecule has 9 heteroatoms. The number of nitrogens with one attached hydrogen (secondary N) is 1. The quantitative estimate of drug-likeness (QED) is 0.466. The first kappa shape index (κ1) is 21.9. The van der Waals surface area contributed by atoms with Gasteiger partial charge in [-0.2, -0.15) is 0 Å². The molecule has 2 fully saturated rings. The third-order valence-electron chi connectivity index (χ3n) is 6.84. The van der Waals surface area contributed by atoms with Crippen LogP contribution in [0.25, 0.3) is 16.6 Å². The standard InChI is InChI=1S/C26H24FN5O2S/c27-17-4-6-20(7-5-17)32-11-9-21-22(2-1-3-24(21)32)25(33)31-13-19(14-31)29-18-8-10-30(12-18)26(34)23-15-35-16-28-23/h1-7,9,11,15-16,18-19,29H,8,10,12-14H2/t18-/m0/s1. The predicted octanol–water partition coefficient (Wildman–Crippen LogP) is 3.55. The molecule has 0 saturated carbocycles. The van der Waals surface area contributed by atoms with Gasteiger partial charge in [-0.15, -0.1) is 11.3 Å². The van der Waals surface area contributed by atoms with E-state index in [0.29, 0.717) is 30.9 Å². The first-order valence-electron chi connectivity index (χ1n) is 11.7. The molecular weight excluding hydrogens is 465 g/mol. The Bertz CT molecular complexity index is 1380. The second-order valence-electron chi connectivity index (χ2n) is 9.08. The van der Waals surface area contributed by atoms with Crippen LogP contribution in [-0.2, 0) is 0 Å². The molecule has 2 aromatic carbocycles. The third-order valence-corrected chi connectivity index (χ3v) is 7.42. The molecule has 35 heavy (non-hydrogen) atoms. The first-order chi connectivity index (χ1) is 17.1. The van der Waals surface area contributed by atoms with Gasteiger partial charge in [0.25, 0.3) is 11.8 Å². The van der Waals surface area contributed by atoms with Crippen molar-refractivity contribution in [2.24, 2.45) is 0 Å². The average molecular weight is 490 g/mol. The number of benzene rings is 2. The predicted molar refractivity (Wildman–Crippen MR) is 132 cm³/mol. The number of hydrogen-bond acceptors (Lipinski definition) is 5. The zero-order valence-corrected chi connectivity index (χ0v) is 19.7. The summed E-state index contributed by atoms with van der Waals surface area (Å²) in [5, 5.41) is 6.27. The molecule has 2 aliphatic rings. The molecule has 2 amide bonds. The lowest BCUT2D eigenvalue weighted by Gasteiger charge is -2.41. The molecule has 1 N–H and O–H groups in total. The van der Waals surface area contributed by atoms with Crippen LogP contribution in [0.15, 0.2) is 65.6 Å². The van der Waals surface area contributed by atoms with Gasteiger partial charge in [-0.1, -0.05) is 6.07 Å². The van der Waals surface area contributed by atoms with E-state index in [0.717, 1.165) is 29.6 Å². The number of hydrogen-bond donors (Lipinski definition) is 1. The smallest absolute Gasteiger partial charge is 0.273 e. The van der Waals surface area contributed by atoms with Crippen molar-refractivity contribution < 1.29 is 14.0 Å². The van der Waals surface area contributed by atoms with Crippen molar-refractivity contribution in [3.05, 3.63) is 82.7 Å². The van der Waals surface area contributed by atoms with Crippen molar-refractivity contribution in [2.75, 3.05) is 26.2 Å². The highest BCUT2D eigenvalue weighted by Crippen LogP contribution is 2.26. The van der Waals surface area contributed by atoms with Gasteiger partial charge in [0, 0.05) is 66.5 Å². The molecule has 6 rings (SSSR count). The fourth-order valence-corrected chi connectivity index (χ4v) is 5.52. The number of thiazole rings is 1. The lowest BCUT2D eigenvalue weighted by molar-refractivity contribution is 0.0554. The molecule has 0 unspecified atom stereocenters. The molecule has 4 aromatic rings. The lowest BCUT2D eigenvalue weighted by atomic mass is 10.0. The maximum Gasteiger partial charge on any atom is 0.273 e. The van der Waals surface area contributed by atoms with Crippen molar-refractivity contribution in [3.63, 3.8) is 0 Å². The highest BCUT2D eigenvalue weighted by molar-refractivity contribution is 7.07. The SMILES string of the molecule is O=C(c1cscn1)N1CC[C@H](NC2CN(C(=O)c3cccc4c3ccn4-c3ccc(F)cc3)C2)C1. The van der Waals surface area contributed by atoms with E-state index in [9.17, 15) is 14.0 Å². The Morgan fingerprint density at radius 3 is 2.54 bits per heavy atom. The van der Waals surface area contributed by atoms with Gasteiger partial charge in [0.1, 0.15) is 11.5 Å². The lowest BCUT2D eigenvalue weighted by Crippen LogP contribution is -2.62. The summed E-state index contributed by atoms with van der Waals surface area (Å²) in [5.74, 6) is -0.280. The van der Waals surface area contributed by atoms with E-state index in [-0.39, 0.29) is 29.7 Å². The van der Waals surface area contributed by atoms with E-state index in [2.05, 4.69) is 10.3 Å². The highest BCUT2D eigenvalue weighted by atomic mass is 32.1. The van der Waals surface area contributed by atoms with Gasteiger partial charge < -0.3 is 19.7 Å². The number of carbonyl (C=O) groups excluding carboxylic acids is 2. The largest absolute Gasteiger partial charge is 0.336 e. The second-order valence-corrected chi connectivity index (χ2v) is 9.80. The first-order valence-corrected chi connectivity index (χ1v) is 12.6. The Balaban J connectivity index is 1.08.